The van der Waals surface area contributed by atoms with E-state index in [1.54, 1.807) is 55.4 Å². The van der Waals surface area contributed by atoms with Gasteiger partial charge in [0.2, 0.25) is 0 Å². The zero-order valence-electron chi connectivity index (χ0n) is 16.3. The van der Waals surface area contributed by atoms with E-state index in [2.05, 4.69) is 20.3 Å². The summed E-state index contributed by atoms with van der Waals surface area (Å²) < 4.78 is 24.6. The number of sulfone groups is 1. The highest BCUT2D eigenvalue weighted by Crippen LogP contribution is 2.24. The van der Waals surface area contributed by atoms with Crippen molar-refractivity contribution in [2.24, 2.45) is 0 Å². The van der Waals surface area contributed by atoms with Gasteiger partial charge in [0.15, 0.2) is 15.5 Å². The van der Waals surface area contributed by atoms with Crippen LogP contribution >= 0.6 is 0 Å². The minimum absolute atomic E-state index is 0.0671. The molecule has 0 radical (unpaired) electrons. The van der Waals surface area contributed by atoms with E-state index in [0.29, 0.717) is 35.5 Å². The van der Waals surface area contributed by atoms with Crippen LogP contribution in [0.3, 0.4) is 0 Å². The van der Waals surface area contributed by atoms with Crippen LogP contribution in [0, 0.1) is 0 Å². The molecule has 1 aromatic carbocycles. The number of nitrogens with zero attached hydrogens (tertiary/aromatic N) is 3. The molecule has 0 aliphatic carbocycles. The van der Waals surface area contributed by atoms with Gasteiger partial charge < -0.3 is 15.2 Å². The van der Waals surface area contributed by atoms with Crippen molar-refractivity contribution in [1.82, 2.24) is 25.2 Å². The van der Waals surface area contributed by atoms with Gasteiger partial charge in [-0.3, -0.25) is 4.79 Å². The van der Waals surface area contributed by atoms with Crippen molar-refractivity contribution in [2.45, 2.75) is 24.0 Å². The number of piperazine rings is 1. The Kier molecular flexibility index (Phi) is 5.10. The number of benzene rings is 1. The predicted octanol–water partition coefficient (Wildman–Crippen LogP) is 1.85. The summed E-state index contributed by atoms with van der Waals surface area (Å²) in [5, 5.41) is 2.75. The third-order valence-corrected chi connectivity index (χ3v) is 7.29. The van der Waals surface area contributed by atoms with Crippen molar-refractivity contribution in [2.75, 3.05) is 26.2 Å². The van der Waals surface area contributed by atoms with Crippen LogP contribution < -0.4 is 5.32 Å². The number of fused-ring (bicyclic) bond motifs is 1. The molecule has 152 valence electrons. The fraction of sp³-hybridized carbons (Fsp3) is 0.350. The Labute approximate surface area is 169 Å². The van der Waals surface area contributed by atoms with Gasteiger partial charge in [0.25, 0.3) is 5.91 Å². The maximum absolute atomic E-state index is 12.9. The molecule has 0 atom stereocenters. The van der Waals surface area contributed by atoms with Gasteiger partial charge in [-0.2, -0.15) is 0 Å². The van der Waals surface area contributed by atoms with E-state index in [9.17, 15) is 13.2 Å². The van der Waals surface area contributed by atoms with Crippen LogP contribution in [0.5, 0.6) is 0 Å². The molecule has 3 aromatic rings. The zero-order chi connectivity index (χ0) is 20.6. The molecule has 2 aromatic heterocycles. The molecular weight excluding hydrogens is 390 g/mol. The monoisotopic (exact) mass is 413 g/mol. The minimum Gasteiger partial charge on any atom is -0.344 e. The number of hydrogen-bond donors (Lipinski definition) is 2. The van der Waals surface area contributed by atoms with Crippen LogP contribution in [-0.2, 0) is 9.84 Å². The van der Waals surface area contributed by atoms with E-state index in [1.807, 2.05) is 0 Å². The topological polar surface area (TPSA) is 108 Å². The number of aromatic amines is 1. The molecule has 3 heterocycles. The molecular formula is C20H23N5O3S. The lowest BCUT2D eigenvalue weighted by Crippen LogP contribution is -2.46. The van der Waals surface area contributed by atoms with Crippen LogP contribution in [0.1, 0.15) is 24.2 Å². The molecule has 1 aliphatic rings. The first-order valence-electron chi connectivity index (χ1n) is 9.56. The fourth-order valence-corrected chi connectivity index (χ4v) is 4.38. The molecule has 1 fully saturated rings. The van der Waals surface area contributed by atoms with Crippen molar-refractivity contribution in [1.29, 1.82) is 0 Å². The Morgan fingerprint density at radius 2 is 1.83 bits per heavy atom. The van der Waals surface area contributed by atoms with Gasteiger partial charge in [0.1, 0.15) is 5.52 Å². The number of aromatic nitrogens is 3. The van der Waals surface area contributed by atoms with E-state index >= 15 is 0 Å². The van der Waals surface area contributed by atoms with Gasteiger partial charge in [-0.05, 0) is 26.0 Å². The lowest BCUT2D eigenvalue weighted by molar-refractivity contribution is 0.0737. The molecule has 4 rings (SSSR count). The zero-order valence-corrected chi connectivity index (χ0v) is 17.2. The summed E-state index contributed by atoms with van der Waals surface area (Å²) in [6.07, 6.45) is 3.26. The predicted molar refractivity (Wildman–Crippen MR) is 110 cm³/mol. The maximum Gasteiger partial charge on any atom is 0.257 e. The van der Waals surface area contributed by atoms with Crippen molar-refractivity contribution in [3.8, 4) is 11.3 Å². The Balaban J connectivity index is 1.68. The molecule has 8 nitrogen and oxygen atoms in total. The molecule has 0 spiro atoms. The third-order valence-electron chi connectivity index (χ3n) is 5.11. The molecule has 29 heavy (non-hydrogen) atoms. The molecule has 1 aliphatic heterocycles. The third kappa shape index (κ3) is 3.63. The van der Waals surface area contributed by atoms with Crippen molar-refractivity contribution < 1.29 is 13.2 Å². The summed E-state index contributed by atoms with van der Waals surface area (Å²) in [5.41, 5.74) is 2.88. The number of rotatable bonds is 4. The highest BCUT2D eigenvalue weighted by atomic mass is 32.2. The van der Waals surface area contributed by atoms with Crippen LogP contribution in [-0.4, -0.2) is 65.6 Å². The van der Waals surface area contributed by atoms with Gasteiger partial charge >= 0.3 is 0 Å². The number of amides is 1. The Hall–Kier alpha value is -2.78. The summed E-state index contributed by atoms with van der Waals surface area (Å²) in [4.78, 5) is 27.0. The molecule has 2 N–H and O–H groups in total. The summed E-state index contributed by atoms with van der Waals surface area (Å²) in [6, 6.07) is 6.60. The van der Waals surface area contributed by atoms with E-state index in [1.165, 1.54) is 0 Å². The summed E-state index contributed by atoms with van der Waals surface area (Å²) in [5.74, 6) is -0.0671. The fourth-order valence-electron chi connectivity index (χ4n) is 3.32. The van der Waals surface area contributed by atoms with E-state index in [4.69, 9.17) is 0 Å². The largest absolute Gasteiger partial charge is 0.344 e. The Morgan fingerprint density at radius 1 is 1.14 bits per heavy atom. The smallest absolute Gasteiger partial charge is 0.257 e. The number of carbonyl (C=O) groups excluding carboxylic acids is 1. The second-order valence-electron chi connectivity index (χ2n) is 7.32. The van der Waals surface area contributed by atoms with Gasteiger partial charge in [-0.1, -0.05) is 12.1 Å². The Bertz CT molecular complexity index is 1150. The average Bonchev–Trinajstić information content (AvgIpc) is 3.17. The van der Waals surface area contributed by atoms with Crippen LogP contribution in [0.25, 0.3) is 22.4 Å². The summed E-state index contributed by atoms with van der Waals surface area (Å²) in [7, 11) is -3.33. The minimum atomic E-state index is -3.33. The van der Waals surface area contributed by atoms with Gasteiger partial charge in [-0.15, -0.1) is 0 Å². The highest BCUT2D eigenvalue weighted by Gasteiger charge is 2.23. The second kappa shape index (κ2) is 7.57. The number of hydrogen-bond acceptors (Lipinski definition) is 6. The number of nitrogens with one attached hydrogen (secondary N) is 2. The quantitative estimate of drug-likeness (QED) is 0.676. The van der Waals surface area contributed by atoms with Crippen molar-refractivity contribution >= 4 is 26.9 Å². The van der Waals surface area contributed by atoms with Gasteiger partial charge in [0, 0.05) is 37.9 Å². The van der Waals surface area contributed by atoms with Crippen LogP contribution in [0.4, 0.5) is 0 Å². The average molecular weight is 414 g/mol. The van der Waals surface area contributed by atoms with E-state index in [-0.39, 0.29) is 10.8 Å². The maximum atomic E-state index is 12.9. The van der Waals surface area contributed by atoms with Crippen molar-refractivity contribution in [3.05, 3.63) is 42.2 Å². The van der Waals surface area contributed by atoms with E-state index in [0.717, 1.165) is 18.7 Å². The molecule has 0 saturated carbocycles. The van der Waals surface area contributed by atoms with Crippen LogP contribution in [0.15, 0.2) is 41.6 Å². The molecule has 9 heteroatoms. The number of H-pyrrole nitrogens is 1. The first-order valence-corrected chi connectivity index (χ1v) is 11.1. The van der Waals surface area contributed by atoms with Gasteiger partial charge in [0.05, 0.1) is 27.6 Å². The Morgan fingerprint density at radius 3 is 2.48 bits per heavy atom. The normalized spacial score (nSPS) is 15.2. The standard InChI is InChI=1S/C20H23N5O3S/c1-13(2)29(27,28)15-5-3-14(4-6-15)17-12-23-19-18(24-17)16(11-22-19)20(26)25-9-7-21-8-10-25/h3-6,11-13,21H,7-10H2,1-2H3,(H,22,23). The van der Waals surface area contributed by atoms with E-state index < -0.39 is 15.1 Å². The second-order valence-corrected chi connectivity index (χ2v) is 9.82. The summed E-state index contributed by atoms with van der Waals surface area (Å²) >= 11 is 0. The molecule has 1 amide bonds. The first-order chi connectivity index (χ1) is 13.9. The SMILES string of the molecule is CC(C)S(=O)(=O)c1ccc(-c2cnc3[nH]cc(C(=O)N4CCNCC4)c3n2)cc1. The first kappa shape index (κ1) is 19.5. The molecule has 0 unspecified atom stereocenters. The molecule has 0 bridgehead atoms. The van der Waals surface area contributed by atoms with Crippen molar-refractivity contribution in [3.63, 3.8) is 0 Å². The van der Waals surface area contributed by atoms with Crippen LogP contribution in [0.2, 0.25) is 0 Å². The lowest BCUT2D eigenvalue weighted by Gasteiger charge is -2.27. The highest BCUT2D eigenvalue weighted by molar-refractivity contribution is 7.92. The lowest BCUT2D eigenvalue weighted by atomic mass is 10.1. The number of carbonyl (C=O) groups is 1. The summed E-state index contributed by atoms with van der Waals surface area (Å²) in [6.45, 7) is 6.18. The molecule has 1 saturated heterocycles. The van der Waals surface area contributed by atoms with Gasteiger partial charge in [-0.25, -0.2) is 18.4 Å².